The van der Waals surface area contributed by atoms with Crippen LogP contribution in [-0.4, -0.2) is 50.7 Å². The summed E-state index contributed by atoms with van der Waals surface area (Å²) in [6.07, 6.45) is 2.78. The zero-order chi connectivity index (χ0) is 17.6. The number of hydrogen-bond donors (Lipinski definition) is 1. The molecule has 132 valence electrons. The van der Waals surface area contributed by atoms with E-state index in [-0.39, 0.29) is 18.0 Å². The van der Waals surface area contributed by atoms with E-state index in [9.17, 15) is 13.2 Å². The molecule has 0 aromatic heterocycles. The van der Waals surface area contributed by atoms with Gasteiger partial charge < -0.3 is 10.6 Å². The van der Waals surface area contributed by atoms with Gasteiger partial charge in [0.2, 0.25) is 10.0 Å². The number of nitrogens with two attached hydrogens (primary N) is 1. The highest BCUT2D eigenvalue weighted by atomic mass is 32.2. The molecule has 0 radical (unpaired) electrons. The van der Waals surface area contributed by atoms with Crippen LogP contribution < -0.4 is 10.0 Å². The lowest BCUT2D eigenvalue weighted by molar-refractivity contribution is 0.0743. The summed E-state index contributed by atoms with van der Waals surface area (Å²) >= 11 is 0. The number of carbonyl (C=O) groups is 1. The summed E-state index contributed by atoms with van der Waals surface area (Å²) < 4.78 is 25.4. The Bertz CT molecular complexity index is 762. The molecular weight excluding hydrogens is 326 g/mol. The molecule has 0 spiro atoms. The summed E-state index contributed by atoms with van der Waals surface area (Å²) in [7, 11) is -3.31. The molecule has 6 nitrogen and oxygen atoms in total. The van der Waals surface area contributed by atoms with Crippen molar-refractivity contribution in [3.05, 3.63) is 29.3 Å². The minimum absolute atomic E-state index is 0.00621. The van der Waals surface area contributed by atoms with Crippen molar-refractivity contribution in [2.24, 2.45) is 11.7 Å². The van der Waals surface area contributed by atoms with Gasteiger partial charge in [0.15, 0.2) is 0 Å². The van der Waals surface area contributed by atoms with Crippen LogP contribution in [0.1, 0.15) is 36.2 Å². The van der Waals surface area contributed by atoms with Gasteiger partial charge in [-0.25, -0.2) is 8.42 Å². The highest BCUT2D eigenvalue weighted by Gasteiger charge is 2.35. The Morgan fingerprint density at radius 2 is 2.00 bits per heavy atom. The molecule has 0 bridgehead atoms. The molecule has 1 saturated heterocycles. The lowest BCUT2D eigenvalue weighted by Crippen LogP contribution is -2.35. The fourth-order valence-electron chi connectivity index (χ4n) is 4.00. The highest BCUT2D eigenvalue weighted by Crippen LogP contribution is 2.35. The van der Waals surface area contributed by atoms with E-state index in [2.05, 4.69) is 0 Å². The van der Waals surface area contributed by atoms with Crippen molar-refractivity contribution in [3.8, 4) is 0 Å². The van der Waals surface area contributed by atoms with Crippen molar-refractivity contribution in [2.75, 3.05) is 23.7 Å². The molecule has 1 aromatic carbocycles. The molecule has 0 aliphatic carbocycles. The average molecular weight is 351 g/mol. The van der Waals surface area contributed by atoms with Crippen LogP contribution in [0.15, 0.2) is 18.2 Å². The Morgan fingerprint density at radius 1 is 1.29 bits per heavy atom. The molecule has 2 aliphatic rings. The summed E-state index contributed by atoms with van der Waals surface area (Å²) in [6.45, 7) is 5.23. The van der Waals surface area contributed by atoms with E-state index in [1.165, 1.54) is 10.6 Å². The van der Waals surface area contributed by atoms with E-state index in [1.807, 2.05) is 24.8 Å². The molecule has 3 rings (SSSR count). The zero-order valence-corrected chi connectivity index (χ0v) is 15.2. The Hall–Kier alpha value is -1.60. The molecule has 2 aliphatic heterocycles. The quantitative estimate of drug-likeness (QED) is 0.887. The molecule has 24 heavy (non-hydrogen) atoms. The van der Waals surface area contributed by atoms with E-state index in [0.717, 1.165) is 12.0 Å². The predicted octanol–water partition coefficient (Wildman–Crippen LogP) is 1.21. The first-order valence-corrected chi connectivity index (χ1v) is 10.2. The SMILES string of the molecule is CC1CC(CN)CN1C(=O)c1ccc2c(c1)CC(C)N2S(C)(=O)=O. The van der Waals surface area contributed by atoms with Gasteiger partial charge in [-0.05, 0) is 62.9 Å². The first-order chi connectivity index (χ1) is 11.2. The number of sulfonamides is 1. The van der Waals surface area contributed by atoms with Crippen molar-refractivity contribution in [3.63, 3.8) is 0 Å². The van der Waals surface area contributed by atoms with E-state index in [4.69, 9.17) is 5.73 Å². The Labute approximate surface area is 143 Å². The molecular formula is C17H25N3O3S. The van der Waals surface area contributed by atoms with Crippen LogP contribution in [0.4, 0.5) is 5.69 Å². The second-order valence-corrected chi connectivity index (χ2v) is 8.96. The number of hydrogen-bond acceptors (Lipinski definition) is 4. The number of benzene rings is 1. The van der Waals surface area contributed by atoms with Crippen molar-refractivity contribution in [2.45, 2.75) is 38.8 Å². The third kappa shape index (κ3) is 2.91. The van der Waals surface area contributed by atoms with Crippen molar-refractivity contribution in [1.82, 2.24) is 4.90 Å². The van der Waals surface area contributed by atoms with Gasteiger partial charge >= 0.3 is 0 Å². The molecule has 2 heterocycles. The second kappa shape index (κ2) is 6.04. The number of carbonyl (C=O) groups excluding carboxylic acids is 1. The van der Waals surface area contributed by atoms with E-state index < -0.39 is 10.0 Å². The standard InChI is InChI=1S/C17H25N3O3S/c1-11-6-13(9-18)10-19(11)17(21)14-4-5-16-15(8-14)7-12(2)20(16)24(3,22)23/h4-5,8,11-13H,6-7,9-10,18H2,1-3H3. The van der Waals surface area contributed by atoms with Crippen LogP contribution in [0.5, 0.6) is 0 Å². The van der Waals surface area contributed by atoms with Gasteiger partial charge in [0, 0.05) is 24.2 Å². The van der Waals surface area contributed by atoms with Crippen LogP contribution in [-0.2, 0) is 16.4 Å². The van der Waals surface area contributed by atoms with E-state index >= 15 is 0 Å². The van der Waals surface area contributed by atoms with E-state index in [1.54, 1.807) is 12.1 Å². The topological polar surface area (TPSA) is 83.7 Å². The van der Waals surface area contributed by atoms with Crippen LogP contribution in [0.3, 0.4) is 0 Å². The third-order valence-electron chi connectivity index (χ3n) is 5.09. The lowest BCUT2D eigenvalue weighted by Gasteiger charge is -2.23. The summed E-state index contributed by atoms with van der Waals surface area (Å²) in [5, 5.41) is 0. The summed E-state index contributed by atoms with van der Waals surface area (Å²) in [6, 6.07) is 5.41. The maximum absolute atomic E-state index is 12.8. The fourth-order valence-corrected chi connectivity index (χ4v) is 5.27. The minimum Gasteiger partial charge on any atom is -0.336 e. The van der Waals surface area contributed by atoms with Gasteiger partial charge in [-0.3, -0.25) is 9.10 Å². The molecule has 1 fully saturated rings. The van der Waals surface area contributed by atoms with Crippen LogP contribution in [0, 0.1) is 5.92 Å². The summed E-state index contributed by atoms with van der Waals surface area (Å²) in [5.74, 6) is 0.367. The van der Waals surface area contributed by atoms with Crippen molar-refractivity contribution >= 4 is 21.6 Å². The molecule has 1 aromatic rings. The molecule has 3 unspecified atom stereocenters. The monoisotopic (exact) mass is 351 g/mol. The summed E-state index contributed by atoms with van der Waals surface area (Å²) in [4.78, 5) is 14.7. The van der Waals surface area contributed by atoms with Gasteiger partial charge in [-0.1, -0.05) is 0 Å². The zero-order valence-electron chi connectivity index (χ0n) is 14.4. The Balaban J connectivity index is 1.88. The third-order valence-corrected chi connectivity index (χ3v) is 6.36. The normalized spacial score (nSPS) is 26.8. The number of rotatable bonds is 3. The number of fused-ring (bicyclic) bond motifs is 1. The smallest absolute Gasteiger partial charge is 0.254 e. The maximum Gasteiger partial charge on any atom is 0.254 e. The Kier molecular flexibility index (Phi) is 4.34. The maximum atomic E-state index is 12.8. The Morgan fingerprint density at radius 3 is 2.58 bits per heavy atom. The van der Waals surface area contributed by atoms with Crippen LogP contribution in [0.25, 0.3) is 0 Å². The van der Waals surface area contributed by atoms with Crippen LogP contribution in [0.2, 0.25) is 0 Å². The van der Waals surface area contributed by atoms with Gasteiger partial charge in [-0.2, -0.15) is 0 Å². The first kappa shape index (κ1) is 17.2. The number of amides is 1. The second-order valence-electron chi connectivity index (χ2n) is 7.10. The first-order valence-electron chi connectivity index (χ1n) is 8.35. The van der Waals surface area contributed by atoms with Gasteiger partial charge in [-0.15, -0.1) is 0 Å². The number of likely N-dealkylation sites (tertiary alicyclic amines) is 1. The summed E-state index contributed by atoms with van der Waals surface area (Å²) in [5.41, 5.74) is 7.98. The van der Waals surface area contributed by atoms with Gasteiger partial charge in [0.25, 0.3) is 5.91 Å². The fraction of sp³-hybridized carbons (Fsp3) is 0.588. The number of anilines is 1. The molecule has 2 N–H and O–H groups in total. The van der Waals surface area contributed by atoms with E-state index in [0.29, 0.717) is 36.7 Å². The molecule has 3 atom stereocenters. The average Bonchev–Trinajstić information content (AvgIpc) is 3.04. The molecule has 1 amide bonds. The van der Waals surface area contributed by atoms with Crippen molar-refractivity contribution in [1.29, 1.82) is 0 Å². The predicted molar refractivity (Wildman–Crippen MR) is 94.6 cm³/mol. The van der Waals surface area contributed by atoms with Gasteiger partial charge in [0.05, 0.1) is 11.9 Å². The number of nitrogens with zero attached hydrogens (tertiary/aromatic N) is 2. The molecule has 0 saturated carbocycles. The van der Waals surface area contributed by atoms with Gasteiger partial charge in [0.1, 0.15) is 0 Å². The lowest BCUT2D eigenvalue weighted by atomic mass is 10.1. The highest BCUT2D eigenvalue weighted by molar-refractivity contribution is 7.92. The van der Waals surface area contributed by atoms with Crippen LogP contribution >= 0.6 is 0 Å². The molecule has 7 heteroatoms. The van der Waals surface area contributed by atoms with Crippen molar-refractivity contribution < 1.29 is 13.2 Å². The largest absolute Gasteiger partial charge is 0.336 e. The minimum atomic E-state index is -3.31.